The van der Waals surface area contributed by atoms with E-state index in [1.165, 1.54) is 6.07 Å². The second kappa shape index (κ2) is 4.63. The summed E-state index contributed by atoms with van der Waals surface area (Å²) in [5, 5.41) is 9.76. The van der Waals surface area contributed by atoms with Gasteiger partial charge >= 0.3 is 0 Å². The van der Waals surface area contributed by atoms with Gasteiger partial charge in [-0.15, -0.1) is 0 Å². The number of hydrogen-bond donors (Lipinski definition) is 1. The lowest BCUT2D eigenvalue weighted by Crippen LogP contribution is -2.15. The average Bonchev–Trinajstić information content (AvgIpc) is 2.42. The van der Waals surface area contributed by atoms with Gasteiger partial charge in [0.25, 0.3) is 0 Å². The molecule has 1 aliphatic rings. The van der Waals surface area contributed by atoms with Crippen LogP contribution in [0.3, 0.4) is 0 Å². The van der Waals surface area contributed by atoms with Crippen molar-refractivity contribution in [3.63, 3.8) is 0 Å². The highest BCUT2D eigenvalue weighted by Gasteiger charge is 2.15. The van der Waals surface area contributed by atoms with Crippen molar-refractivity contribution in [2.45, 2.75) is 0 Å². The number of phenolic OH excluding ortho intramolecular Hbond substituents is 1. The van der Waals surface area contributed by atoms with E-state index in [0.717, 1.165) is 6.07 Å². The molecule has 0 unspecified atom stereocenters. The third-order valence-electron chi connectivity index (χ3n) is 2.89. The summed E-state index contributed by atoms with van der Waals surface area (Å²) < 4.78 is 24.1. The zero-order valence-electron chi connectivity index (χ0n) is 9.82. The third-order valence-corrected chi connectivity index (χ3v) is 3.18. The van der Waals surface area contributed by atoms with Crippen LogP contribution in [-0.2, 0) is 0 Å². The zero-order chi connectivity index (χ0) is 13.4. The van der Waals surface area contributed by atoms with Gasteiger partial charge in [0.1, 0.15) is 24.8 Å². The lowest BCUT2D eigenvalue weighted by Gasteiger charge is -2.19. The molecular weight excluding hydrogens is 271 g/mol. The van der Waals surface area contributed by atoms with Gasteiger partial charge in [0, 0.05) is 11.6 Å². The fourth-order valence-electron chi connectivity index (χ4n) is 1.98. The summed E-state index contributed by atoms with van der Waals surface area (Å²) in [5.74, 6) is 0.435. The summed E-state index contributed by atoms with van der Waals surface area (Å²) in [4.78, 5) is 0. The molecule has 19 heavy (non-hydrogen) atoms. The van der Waals surface area contributed by atoms with E-state index in [4.69, 9.17) is 21.1 Å². The van der Waals surface area contributed by atoms with Crippen LogP contribution in [0.1, 0.15) is 0 Å². The largest absolute Gasteiger partial charge is 0.507 e. The molecule has 3 nitrogen and oxygen atoms in total. The fourth-order valence-corrected chi connectivity index (χ4v) is 2.14. The van der Waals surface area contributed by atoms with E-state index in [0.29, 0.717) is 35.8 Å². The van der Waals surface area contributed by atoms with Crippen LogP contribution in [0.15, 0.2) is 30.3 Å². The maximum Gasteiger partial charge on any atom is 0.161 e. The fraction of sp³-hybridized carbons (Fsp3) is 0.143. The SMILES string of the molecule is Oc1cc(F)c(Cl)cc1-c1ccc2c(c1)OCCO2. The smallest absolute Gasteiger partial charge is 0.161 e. The minimum Gasteiger partial charge on any atom is -0.507 e. The van der Waals surface area contributed by atoms with E-state index in [9.17, 15) is 9.50 Å². The molecule has 0 amide bonds. The molecule has 5 heteroatoms. The Balaban J connectivity index is 2.09. The monoisotopic (exact) mass is 280 g/mol. The Morgan fingerprint density at radius 2 is 1.79 bits per heavy atom. The van der Waals surface area contributed by atoms with Crippen molar-refractivity contribution < 1.29 is 19.0 Å². The van der Waals surface area contributed by atoms with Crippen LogP contribution >= 0.6 is 11.6 Å². The molecule has 2 aromatic carbocycles. The molecule has 0 aliphatic carbocycles. The Morgan fingerprint density at radius 1 is 1.05 bits per heavy atom. The Kier molecular flexibility index (Phi) is 2.95. The second-order valence-electron chi connectivity index (χ2n) is 4.14. The molecule has 0 radical (unpaired) electrons. The van der Waals surface area contributed by atoms with Crippen molar-refractivity contribution >= 4 is 11.6 Å². The summed E-state index contributed by atoms with van der Waals surface area (Å²) in [5.41, 5.74) is 1.13. The number of fused-ring (bicyclic) bond motifs is 1. The van der Waals surface area contributed by atoms with E-state index in [-0.39, 0.29) is 10.8 Å². The Morgan fingerprint density at radius 3 is 2.58 bits per heavy atom. The molecule has 1 aliphatic heterocycles. The number of aromatic hydroxyl groups is 1. The summed E-state index contributed by atoms with van der Waals surface area (Å²) >= 11 is 5.74. The standard InChI is InChI=1S/C14H10ClFO3/c15-10-6-9(12(17)7-11(10)16)8-1-2-13-14(5-8)19-4-3-18-13/h1-2,5-7,17H,3-4H2. The number of phenols is 1. The quantitative estimate of drug-likeness (QED) is 0.867. The van der Waals surface area contributed by atoms with Crippen LogP contribution in [0.5, 0.6) is 17.2 Å². The van der Waals surface area contributed by atoms with Crippen LogP contribution in [-0.4, -0.2) is 18.3 Å². The van der Waals surface area contributed by atoms with Crippen LogP contribution in [0.2, 0.25) is 5.02 Å². The lowest BCUT2D eigenvalue weighted by atomic mass is 10.0. The van der Waals surface area contributed by atoms with Gasteiger partial charge in [-0.05, 0) is 23.8 Å². The van der Waals surface area contributed by atoms with E-state index in [1.54, 1.807) is 18.2 Å². The second-order valence-corrected chi connectivity index (χ2v) is 4.55. The Labute approximate surface area is 114 Å². The highest BCUT2D eigenvalue weighted by molar-refractivity contribution is 6.31. The molecule has 0 bridgehead atoms. The first kappa shape index (κ1) is 12.1. The molecule has 0 aromatic heterocycles. The Bertz CT molecular complexity index is 643. The zero-order valence-corrected chi connectivity index (χ0v) is 10.6. The van der Waals surface area contributed by atoms with Crippen LogP contribution in [0.4, 0.5) is 4.39 Å². The van der Waals surface area contributed by atoms with Crippen LogP contribution in [0, 0.1) is 5.82 Å². The molecule has 0 saturated heterocycles. The van der Waals surface area contributed by atoms with Gasteiger partial charge in [0.05, 0.1) is 5.02 Å². The first-order valence-electron chi connectivity index (χ1n) is 5.73. The molecule has 1 N–H and O–H groups in total. The van der Waals surface area contributed by atoms with Gasteiger partial charge in [-0.1, -0.05) is 17.7 Å². The highest BCUT2D eigenvalue weighted by Crippen LogP contribution is 2.38. The summed E-state index contributed by atoms with van der Waals surface area (Å²) in [6, 6.07) is 7.63. The molecule has 3 rings (SSSR count). The molecule has 0 spiro atoms. The maximum atomic E-state index is 13.2. The first-order chi connectivity index (χ1) is 9.15. The van der Waals surface area contributed by atoms with Crippen molar-refractivity contribution in [1.82, 2.24) is 0 Å². The van der Waals surface area contributed by atoms with Gasteiger partial charge in [-0.3, -0.25) is 0 Å². The molecule has 0 atom stereocenters. The Hall–Kier alpha value is -1.94. The molecule has 98 valence electrons. The minimum absolute atomic E-state index is 0.0392. The van der Waals surface area contributed by atoms with Crippen LogP contribution in [0.25, 0.3) is 11.1 Å². The molecule has 0 fully saturated rings. The molecule has 1 heterocycles. The summed E-state index contributed by atoms with van der Waals surface area (Å²) in [6.45, 7) is 0.993. The summed E-state index contributed by atoms with van der Waals surface area (Å²) in [6.07, 6.45) is 0. The van der Waals surface area contributed by atoms with Gasteiger partial charge in [-0.25, -0.2) is 4.39 Å². The predicted octanol–water partition coefficient (Wildman–Crippen LogP) is 3.62. The van der Waals surface area contributed by atoms with Crippen molar-refractivity contribution in [1.29, 1.82) is 0 Å². The van der Waals surface area contributed by atoms with Gasteiger partial charge < -0.3 is 14.6 Å². The number of rotatable bonds is 1. The van der Waals surface area contributed by atoms with Crippen molar-refractivity contribution in [2.24, 2.45) is 0 Å². The molecule has 0 saturated carbocycles. The lowest BCUT2D eigenvalue weighted by molar-refractivity contribution is 0.171. The number of benzene rings is 2. The number of hydrogen-bond acceptors (Lipinski definition) is 3. The topological polar surface area (TPSA) is 38.7 Å². The van der Waals surface area contributed by atoms with Gasteiger partial charge in [-0.2, -0.15) is 0 Å². The van der Waals surface area contributed by atoms with Crippen molar-refractivity contribution in [3.05, 3.63) is 41.2 Å². The normalized spacial score (nSPS) is 13.4. The van der Waals surface area contributed by atoms with E-state index in [1.807, 2.05) is 0 Å². The molecular formula is C14H10ClFO3. The minimum atomic E-state index is -0.652. The van der Waals surface area contributed by atoms with E-state index in [2.05, 4.69) is 0 Å². The van der Waals surface area contributed by atoms with Crippen molar-refractivity contribution in [2.75, 3.05) is 13.2 Å². The van der Waals surface area contributed by atoms with Crippen molar-refractivity contribution in [3.8, 4) is 28.4 Å². The first-order valence-corrected chi connectivity index (χ1v) is 6.11. The maximum absolute atomic E-state index is 13.2. The van der Waals surface area contributed by atoms with Crippen LogP contribution < -0.4 is 9.47 Å². The number of halogens is 2. The number of ether oxygens (including phenoxy) is 2. The highest BCUT2D eigenvalue weighted by atomic mass is 35.5. The van der Waals surface area contributed by atoms with E-state index >= 15 is 0 Å². The van der Waals surface area contributed by atoms with E-state index < -0.39 is 5.82 Å². The summed E-state index contributed by atoms with van der Waals surface area (Å²) in [7, 11) is 0. The average molecular weight is 281 g/mol. The predicted molar refractivity (Wildman–Crippen MR) is 69.5 cm³/mol. The third kappa shape index (κ3) is 2.19. The van der Waals surface area contributed by atoms with Gasteiger partial charge in [0.2, 0.25) is 0 Å². The van der Waals surface area contributed by atoms with Gasteiger partial charge in [0.15, 0.2) is 11.5 Å². The molecule has 2 aromatic rings.